The van der Waals surface area contributed by atoms with Crippen LogP contribution in [0.4, 0.5) is 0 Å². The van der Waals surface area contributed by atoms with E-state index in [9.17, 15) is 4.79 Å². The third kappa shape index (κ3) is 4.97. The molecule has 1 saturated heterocycles. The first-order chi connectivity index (χ1) is 8.69. The summed E-state index contributed by atoms with van der Waals surface area (Å²) >= 11 is 0. The quantitative estimate of drug-likeness (QED) is 0.757. The molecule has 0 bridgehead atoms. The first-order valence-electron chi connectivity index (χ1n) is 7.69. The van der Waals surface area contributed by atoms with Crippen molar-refractivity contribution >= 4 is 5.91 Å². The SMILES string of the molecule is CCCCN(C(=O)CC1CCNCC1)C(C)CC. The summed E-state index contributed by atoms with van der Waals surface area (Å²) in [5.41, 5.74) is 0. The van der Waals surface area contributed by atoms with E-state index in [1.165, 1.54) is 0 Å². The van der Waals surface area contributed by atoms with E-state index in [1.54, 1.807) is 0 Å². The average molecular weight is 254 g/mol. The summed E-state index contributed by atoms with van der Waals surface area (Å²) in [6, 6.07) is 0.394. The Kier molecular flexibility index (Phi) is 7.33. The van der Waals surface area contributed by atoms with Crippen molar-refractivity contribution in [1.29, 1.82) is 0 Å². The Balaban J connectivity index is 2.46. The van der Waals surface area contributed by atoms with Crippen LogP contribution in [-0.4, -0.2) is 36.5 Å². The average Bonchev–Trinajstić information content (AvgIpc) is 2.40. The molecule has 1 atom stereocenters. The zero-order valence-electron chi connectivity index (χ0n) is 12.4. The monoisotopic (exact) mass is 254 g/mol. The lowest BCUT2D eigenvalue weighted by atomic mass is 9.93. The van der Waals surface area contributed by atoms with Gasteiger partial charge in [0.05, 0.1) is 0 Å². The van der Waals surface area contributed by atoms with Crippen molar-refractivity contribution in [3.8, 4) is 0 Å². The van der Waals surface area contributed by atoms with Gasteiger partial charge in [-0.15, -0.1) is 0 Å². The van der Waals surface area contributed by atoms with Crippen molar-refractivity contribution in [3.05, 3.63) is 0 Å². The minimum absolute atomic E-state index is 0.379. The van der Waals surface area contributed by atoms with E-state index >= 15 is 0 Å². The molecule has 0 radical (unpaired) electrons. The molecule has 0 aromatic heterocycles. The van der Waals surface area contributed by atoms with Crippen molar-refractivity contribution in [2.45, 2.75) is 65.3 Å². The van der Waals surface area contributed by atoms with Crippen LogP contribution in [-0.2, 0) is 4.79 Å². The smallest absolute Gasteiger partial charge is 0.223 e. The Morgan fingerprint density at radius 3 is 2.56 bits per heavy atom. The number of piperidine rings is 1. The summed E-state index contributed by atoms with van der Waals surface area (Å²) in [6.07, 6.45) is 6.43. The molecule has 106 valence electrons. The lowest BCUT2D eigenvalue weighted by Crippen LogP contribution is -2.41. The molecule has 1 heterocycles. The van der Waals surface area contributed by atoms with Gasteiger partial charge in [0.15, 0.2) is 0 Å². The Morgan fingerprint density at radius 2 is 2.00 bits per heavy atom. The van der Waals surface area contributed by atoms with E-state index in [0.717, 1.165) is 58.2 Å². The summed E-state index contributed by atoms with van der Waals surface area (Å²) in [5.74, 6) is 0.983. The maximum absolute atomic E-state index is 12.4. The molecular weight excluding hydrogens is 224 g/mol. The molecule has 3 heteroatoms. The minimum atomic E-state index is 0.379. The molecule has 0 aromatic rings. The molecule has 0 spiro atoms. The Morgan fingerprint density at radius 1 is 1.33 bits per heavy atom. The van der Waals surface area contributed by atoms with Crippen molar-refractivity contribution in [1.82, 2.24) is 10.2 Å². The molecule has 1 N–H and O–H groups in total. The normalized spacial score (nSPS) is 18.6. The van der Waals surface area contributed by atoms with Gasteiger partial charge in [0.1, 0.15) is 0 Å². The van der Waals surface area contributed by atoms with E-state index in [2.05, 4.69) is 31.0 Å². The van der Waals surface area contributed by atoms with Gasteiger partial charge in [0.2, 0.25) is 5.91 Å². The second kappa shape index (κ2) is 8.52. The van der Waals surface area contributed by atoms with Gasteiger partial charge >= 0.3 is 0 Å². The Hall–Kier alpha value is -0.570. The highest BCUT2D eigenvalue weighted by atomic mass is 16.2. The van der Waals surface area contributed by atoms with Gasteiger partial charge in [-0.1, -0.05) is 20.3 Å². The van der Waals surface area contributed by atoms with Gasteiger partial charge in [0, 0.05) is 19.0 Å². The summed E-state index contributed by atoms with van der Waals surface area (Å²) < 4.78 is 0. The Labute approximate surface area is 112 Å². The molecule has 0 saturated carbocycles. The van der Waals surface area contributed by atoms with Crippen molar-refractivity contribution in [2.24, 2.45) is 5.92 Å². The number of nitrogens with one attached hydrogen (secondary N) is 1. The Bertz CT molecular complexity index is 237. The van der Waals surface area contributed by atoms with Crippen molar-refractivity contribution < 1.29 is 4.79 Å². The second-order valence-electron chi connectivity index (χ2n) is 5.60. The maximum Gasteiger partial charge on any atom is 0.223 e. The lowest BCUT2D eigenvalue weighted by molar-refractivity contribution is -0.134. The number of unbranched alkanes of at least 4 members (excludes halogenated alkanes) is 1. The molecule has 1 aliphatic rings. The maximum atomic E-state index is 12.4. The standard InChI is InChI=1S/C15H30N2O/c1-4-6-11-17(13(3)5-2)15(18)12-14-7-9-16-10-8-14/h13-14,16H,4-12H2,1-3H3. The van der Waals surface area contributed by atoms with E-state index < -0.39 is 0 Å². The fourth-order valence-corrected chi connectivity index (χ4v) is 2.59. The fourth-order valence-electron chi connectivity index (χ4n) is 2.59. The lowest BCUT2D eigenvalue weighted by Gasteiger charge is -2.31. The number of amides is 1. The van der Waals surface area contributed by atoms with Crippen LogP contribution >= 0.6 is 0 Å². The first kappa shape index (κ1) is 15.5. The molecular formula is C15H30N2O. The van der Waals surface area contributed by atoms with Crippen LogP contribution in [0.3, 0.4) is 0 Å². The molecule has 1 amide bonds. The molecule has 18 heavy (non-hydrogen) atoms. The van der Waals surface area contributed by atoms with Crippen LogP contribution in [0.1, 0.15) is 59.3 Å². The van der Waals surface area contributed by atoms with Crippen molar-refractivity contribution in [2.75, 3.05) is 19.6 Å². The number of hydrogen-bond donors (Lipinski definition) is 1. The number of carbonyl (C=O) groups is 1. The summed E-state index contributed by atoms with van der Waals surface area (Å²) in [5, 5.41) is 3.36. The number of carbonyl (C=O) groups excluding carboxylic acids is 1. The predicted octanol–water partition coefficient (Wildman–Crippen LogP) is 2.80. The molecule has 1 unspecified atom stereocenters. The van der Waals surface area contributed by atoms with Gasteiger partial charge in [0.25, 0.3) is 0 Å². The zero-order valence-corrected chi connectivity index (χ0v) is 12.4. The molecule has 0 aliphatic carbocycles. The van der Waals surface area contributed by atoms with Crippen LogP contribution in [0.15, 0.2) is 0 Å². The topological polar surface area (TPSA) is 32.3 Å². The van der Waals surface area contributed by atoms with E-state index in [0.29, 0.717) is 17.9 Å². The third-order valence-electron chi connectivity index (χ3n) is 4.12. The van der Waals surface area contributed by atoms with E-state index in [-0.39, 0.29) is 0 Å². The molecule has 3 nitrogen and oxygen atoms in total. The van der Waals surface area contributed by atoms with Crippen molar-refractivity contribution in [3.63, 3.8) is 0 Å². The third-order valence-corrected chi connectivity index (χ3v) is 4.12. The van der Waals surface area contributed by atoms with Crippen LogP contribution in [0.5, 0.6) is 0 Å². The molecule has 1 fully saturated rings. The van der Waals surface area contributed by atoms with Gasteiger partial charge in [-0.2, -0.15) is 0 Å². The molecule has 1 aliphatic heterocycles. The number of rotatable bonds is 7. The zero-order chi connectivity index (χ0) is 13.4. The van der Waals surface area contributed by atoms with Crippen LogP contribution < -0.4 is 5.32 Å². The van der Waals surface area contributed by atoms with Crippen LogP contribution in [0.2, 0.25) is 0 Å². The van der Waals surface area contributed by atoms with Crippen LogP contribution in [0.25, 0.3) is 0 Å². The van der Waals surface area contributed by atoms with Crippen LogP contribution in [0, 0.1) is 5.92 Å². The van der Waals surface area contributed by atoms with E-state index in [1.807, 2.05) is 0 Å². The highest BCUT2D eigenvalue weighted by Crippen LogP contribution is 2.19. The fraction of sp³-hybridized carbons (Fsp3) is 0.933. The van der Waals surface area contributed by atoms with Gasteiger partial charge in [-0.3, -0.25) is 4.79 Å². The van der Waals surface area contributed by atoms with Gasteiger partial charge < -0.3 is 10.2 Å². The highest BCUT2D eigenvalue weighted by molar-refractivity contribution is 5.76. The van der Waals surface area contributed by atoms with E-state index in [4.69, 9.17) is 0 Å². The molecule has 0 aromatic carbocycles. The largest absolute Gasteiger partial charge is 0.340 e. The number of nitrogens with zero attached hydrogens (tertiary/aromatic N) is 1. The highest BCUT2D eigenvalue weighted by Gasteiger charge is 2.23. The molecule has 1 rings (SSSR count). The summed E-state index contributed by atoms with van der Waals surface area (Å²) in [4.78, 5) is 14.5. The predicted molar refractivity (Wildman–Crippen MR) is 76.6 cm³/mol. The first-order valence-corrected chi connectivity index (χ1v) is 7.69. The number of hydrogen-bond acceptors (Lipinski definition) is 2. The minimum Gasteiger partial charge on any atom is -0.340 e. The van der Waals surface area contributed by atoms with Gasteiger partial charge in [-0.05, 0) is 51.6 Å². The summed E-state index contributed by atoms with van der Waals surface area (Å²) in [7, 11) is 0. The van der Waals surface area contributed by atoms with Gasteiger partial charge in [-0.25, -0.2) is 0 Å². The summed E-state index contributed by atoms with van der Waals surface area (Å²) in [6.45, 7) is 9.63. The second-order valence-corrected chi connectivity index (χ2v) is 5.60.